The maximum absolute atomic E-state index is 6.02. The Morgan fingerprint density at radius 3 is 2.87 bits per heavy atom. The Labute approximate surface area is 91.7 Å². The van der Waals surface area contributed by atoms with E-state index in [0.717, 1.165) is 25.2 Å². The lowest BCUT2D eigenvalue weighted by Gasteiger charge is -2.17. The molecule has 1 aliphatic rings. The van der Waals surface area contributed by atoms with Gasteiger partial charge in [-0.3, -0.25) is 0 Å². The third-order valence-corrected chi connectivity index (χ3v) is 3.36. The van der Waals surface area contributed by atoms with Gasteiger partial charge in [0, 0.05) is 18.3 Å². The van der Waals surface area contributed by atoms with Crippen molar-refractivity contribution < 1.29 is 0 Å². The molecule has 1 heterocycles. The second kappa shape index (κ2) is 4.35. The van der Waals surface area contributed by atoms with E-state index in [4.69, 9.17) is 5.73 Å². The first kappa shape index (κ1) is 10.7. The monoisotopic (exact) mass is 207 g/mol. The van der Waals surface area contributed by atoms with Crippen LogP contribution in [0.5, 0.6) is 0 Å². The maximum atomic E-state index is 6.02. The quantitative estimate of drug-likeness (QED) is 0.821. The molecule has 2 N–H and O–H groups in total. The fraction of sp³-hybridized carbons (Fsp3) is 0.750. The van der Waals surface area contributed by atoms with Crippen molar-refractivity contribution in [3.63, 3.8) is 0 Å². The van der Waals surface area contributed by atoms with Gasteiger partial charge in [-0.05, 0) is 39.0 Å². The van der Waals surface area contributed by atoms with Gasteiger partial charge in [-0.2, -0.15) is 0 Å². The van der Waals surface area contributed by atoms with Gasteiger partial charge < -0.3 is 10.3 Å². The van der Waals surface area contributed by atoms with Gasteiger partial charge in [0.1, 0.15) is 5.82 Å². The van der Waals surface area contributed by atoms with Crippen LogP contribution in [0.1, 0.15) is 43.4 Å². The molecule has 15 heavy (non-hydrogen) atoms. The highest BCUT2D eigenvalue weighted by atomic mass is 15.1. The summed E-state index contributed by atoms with van der Waals surface area (Å²) in [6.45, 7) is 5.18. The van der Waals surface area contributed by atoms with Crippen molar-refractivity contribution in [2.45, 2.75) is 58.5 Å². The van der Waals surface area contributed by atoms with Crippen LogP contribution in [0.2, 0.25) is 0 Å². The van der Waals surface area contributed by atoms with E-state index in [9.17, 15) is 0 Å². The Morgan fingerprint density at radius 1 is 1.40 bits per heavy atom. The molecule has 0 saturated heterocycles. The summed E-state index contributed by atoms with van der Waals surface area (Å²) in [7, 11) is 0. The molecule has 3 heteroatoms. The highest BCUT2D eigenvalue weighted by Gasteiger charge is 2.18. The van der Waals surface area contributed by atoms with Crippen LogP contribution in [0.25, 0.3) is 0 Å². The first-order valence-electron chi connectivity index (χ1n) is 6.02. The SMILES string of the molecule is CCC(N)Cn1c(C)nc2c1CCCC2. The third kappa shape index (κ3) is 2.07. The van der Waals surface area contributed by atoms with Crippen LogP contribution in [0.4, 0.5) is 0 Å². The van der Waals surface area contributed by atoms with Crippen LogP contribution < -0.4 is 5.73 Å². The Bertz CT molecular complexity index is 341. The number of nitrogens with two attached hydrogens (primary N) is 1. The summed E-state index contributed by atoms with van der Waals surface area (Å²) < 4.78 is 2.34. The Morgan fingerprint density at radius 2 is 2.13 bits per heavy atom. The van der Waals surface area contributed by atoms with Crippen LogP contribution in [-0.2, 0) is 19.4 Å². The third-order valence-electron chi connectivity index (χ3n) is 3.36. The molecule has 0 spiro atoms. The predicted octanol–water partition coefficient (Wildman–Crippen LogP) is 1.81. The zero-order valence-corrected chi connectivity index (χ0v) is 9.79. The lowest BCUT2D eigenvalue weighted by atomic mass is 10.0. The van der Waals surface area contributed by atoms with E-state index < -0.39 is 0 Å². The smallest absolute Gasteiger partial charge is 0.106 e. The molecule has 1 unspecified atom stereocenters. The van der Waals surface area contributed by atoms with Gasteiger partial charge in [-0.15, -0.1) is 0 Å². The maximum Gasteiger partial charge on any atom is 0.106 e. The summed E-state index contributed by atoms with van der Waals surface area (Å²) in [4.78, 5) is 4.65. The van der Waals surface area contributed by atoms with Crippen LogP contribution in [0.15, 0.2) is 0 Å². The van der Waals surface area contributed by atoms with Gasteiger partial charge in [0.05, 0.1) is 5.69 Å². The van der Waals surface area contributed by atoms with Crippen molar-refractivity contribution >= 4 is 0 Å². The Balaban J connectivity index is 2.25. The van der Waals surface area contributed by atoms with Gasteiger partial charge in [0.25, 0.3) is 0 Å². The van der Waals surface area contributed by atoms with Gasteiger partial charge in [0.15, 0.2) is 0 Å². The first-order chi connectivity index (χ1) is 7.22. The molecule has 0 aromatic carbocycles. The number of aromatic nitrogens is 2. The topological polar surface area (TPSA) is 43.8 Å². The molecule has 84 valence electrons. The molecular formula is C12H21N3. The fourth-order valence-corrected chi connectivity index (χ4v) is 2.34. The lowest BCUT2D eigenvalue weighted by Crippen LogP contribution is -2.27. The van der Waals surface area contributed by atoms with E-state index in [-0.39, 0.29) is 6.04 Å². The molecule has 0 aliphatic heterocycles. The summed E-state index contributed by atoms with van der Waals surface area (Å²) in [6, 6.07) is 0.268. The molecule has 0 radical (unpaired) electrons. The van der Waals surface area contributed by atoms with Crippen molar-refractivity contribution in [2.24, 2.45) is 5.73 Å². The van der Waals surface area contributed by atoms with Gasteiger partial charge in [0.2, 0.25) is 0 Å². The summed E-state index contributed by atoms with van der Waals surface area (Å²) >= 11 is 0. The van der Waals surface area contributed by atoms with Crippen LogP contribution >= 0.6 is 0 Å². The minimum atomic E-state index is 0.268. The molecule has 0 amide bonds. The number of hydrogen-bond acceptors (Lipinski definition) is 2. The largest absolute Gasteiger partial charge is 0.330 e. The summed E-state index contributed by atoms with van der Waals surface area (Å²) in [5, 5.41) is 0. The second-order valence-corrected chi connectivity index (χ2v) is 4.54. The first-order valence-corrected chi connectivity index (χ1v) is 6.02. The fourth-order valence-electron chi connectivity index (χ4n) is 2.34. The number of imidazole rings is 1. The normalized spacial score (nSPS) is 17.5. The van der Waals surface area contributed by atoms with Crippen molar-refractivity contribution in [2.75, 3.05) is 0 Å². The Hall–Kier alpha value is -0.830. The number of hydrogen-bond donors (Lipinski definition) is 1. The molecule has 3 nitrogen and oxygen atoms in total. The van der Waals surface area contributed by atoms with Crippen molar-refractivity contribution in [1.82, 2.24) is 9.55 Å². The summed E-state index contributed by atoms with van der Waals surface area (Å²) in [5.74, 6) is 1.14. The van der Waals surface area contributed by atoms with E-state index in [1.807, 2.05) is 0 Å². The van der Waals surface area contributed by atoms with E-state index >= 15 is 0 Å². The zero-order valence-electron chi connectivity index (χ0n) is 9.79. The molecule has 0 saturated carbocycles. The van der Waals surface area contributed by atoms with Crippen LogP contribution in [-0.4, -0.2) is 15.6 Å². The van der Waals surface area contributed by atoms with Crippen molar-refractivity contribution in [3.05, 3.63) is 17.2 Å². The van der Waals surface area contributed by atoms with Gasteiger partial charge in [-0.25, -0.2) is 4.98 Å². The highest BCUT2D eigenvalue weighted by Crippen LogP contribution is 2.22. The molecule has 0 bridgehead atoms. The van der Waals surface area contributed by atoms with E-state index in [1.165, 1.54) is 30.7 Å². The van der Waals surface area contributed by atoms with E-state index in [2.05, 4.69) is 23.4 Å². The van der Waals surface area contributed by atoms with Crippen LogP contribution in [0, 0.1) is 6.92 Å². The molecule has 1 aliphatic carbocycles. The lowest BCUT2D eigenvalue weighted by molar-refractivity contribution is 0.507. The van der Waals surface area contributed by atoms with Crippen molar-refractivity contribution in [3.8, 4) is 0 Å². The van der Waals surface area contributed by atoms with Crippen molar-refractivity contribution in [1.29, 1.82) is 0 Å². The summed E-state index contributed by atoms with van der Waals surface area (Å²) in [5.41, 5.74) is 8.79. The van der Waals surface area contributed by atoms with E-state index in [0.29, 0.717) is 0 Å². The molecular weight excluding hydrogens is 186 g/mol. The highest BCUT2D eigenvalue weighted by molar-refractivity contribution is 5.20. The molecule has 1 atom stereocenters. The van der Waals surface area contributed by atoms with Gasteiger partial charge >= 0.3 is 0 Å². The second-order valence-electron chi connectivity index (χ2n) is 4.54. The predicted molar refractivity (Wildman–Crippen MR) is 61.9 cm³/mol. The van der Waals surface area contributed by atoms with Crippen LogP contribution in [0.3, 0.4) is 0 Å². The zero-order chi connectivity index (χ0) is 10.8. The number of rotatable bonds is 3. The van der Waals surface area contributed by atoms with Gasteiger partial charge in [-0.1, -0.05) is 6.92 Å². The minimum absolute atomic E-state index is 0.268. The summed E-state index contributed by atoms with van der Waals surface area (Å²) in [6.07, 6.45) is 5.98. The molecule has 0 fully saturated rings. The standard InChI is InChI=1S/C12H21N3/c1-3-10(13)8-15-9(2)14-11-6-4-5-7-12(11)15/h10H,3-8,13H2,1-2H3. The molecule has 1 aromatic heterocycles. The number of fused-ring (bicyclic) bond motifs is 1. The molecule has 1 aromatic rings. The number of nitrogens with zero attached hydrogens (tertiary/aromatic N) is 2. The molecule has 2 rings (SSSR count). The average Bonchev–Trinajstić information content (AvgIpc) is 2.55. The Kier molecular flexibility index (Phi) is 3.10. The average molecular weight is 207 g/mol. The number of aryl methyl sites for hydroxylation is 2. The van der Waals surface area contributed by atoms with E-state index in [1.54, 1.807) is 0 Å². The minimum Gasteiger partial charge on any atom is -0.330 e.